The predicted molar refractivity (Wildman–Crippen MR) is 131 cm³/mol. The first kappa shape index (κ1) is 24.8. The molecule has 1 aliphatic heterocycles. The Morgan fingerprint density at radius 2 is 2.06 bits per heavy atom. The van der Waals surface area contributed by atoms with Gasteiger partial charge < -0.3 is 9.84 Å². The Morgan fingerprint density at radius 3 is 2.74 bits per heavy atom. The Morgan fingerprint density at radius 1 is 1.29 bits per heavy atom. The van der Waals surface area contributed by atoms with Gasteiger partial charge in [-0.2, -0.15) is 4.31 Å². The van der Waals surface area contributed by atoms with Gasteiger partial charge in [0.2, 0.25) is 10.0 Å². The third-order valence-electron chi connectivity index (χ3n) is 6.64. The summed E-state index contributed by atoms with van der Waals surface area (Å²) in [6.07, 6.45) is 10.2. The fraction of sp³-hybridized carbons (Fsp3) is 0.520. The van der Waals surface area contributed by atoms with E-state index in [0.29, 0.717) is 18.8 Å². The maximum atomic E-state index is 13.6. The summed E-state index contributed by atoms with van der Waals surface area (Å²) in [5.74, 6) is 0.286. The highest BCUT2D eigenvalue weighted by atomic mass is 32.2. The van der Waals surface area contributed by atoms with Crippen LogP contribution in [-0.2, 0) is 16.6 Å². The second-order valence-corrected chi connectivity index (χ2v) is 11.3. The maximum absolute atomic E-state index is 13.6. The van der Waals surface area contributed by atoms with Crippen LogP contribution in [0, 0.1) is 5.92 Å². The Hall–Kier alpha value is -2.33. The van der Waals surface area contributed by atoms with E-state index in [1.807, 2.05) is 26.1 Å². The van der Waals surface area contributed by atoms with Gasteiger partial charge in [-0.3, -0.25) is 4.90 Å². The van der Waals surface area contributed by atoms with Crippen LogP contribution in [0.1, 0.15) is 44.2 Å². The molecule has 1 aromatic carbocycles. The van der Waals surface area contributed by atoms with E-state index < -0.39 is 16.1 Å². The molecule has 34 heavy (non-hydrogen) atoms. The molecule has 1 aromatic heterocycles. The van der Waals surface area contributed by atoms with E-state index in [2.05, 4.69) is 20.9 Å². The lowest BCUT2D eigenvalue weighted by Gasteiger charge is -2.37. The third-order valence-corrected chi connectivity index (χ3v) is 8.66. The van der Waals surface area contributed by atoms with Crippen LogP contribution in [0.25, 0.3) is 5.57 Å². The van der Waals surface area contributed by atoms with Crippen molar-refractivity contribution in [2.24, 2.45) is 5.92 Å². The highest BCUT2D eigenvalue weighted by Crippen LogP contribution is 2.37. The molecule has 2 aliphatic rings. The number of hydrogen-bond donors (Lipinski definition) is 1. The van der Waals surface area contributed by atoms with Gasteiger partial charge in [-0.15, -0.1) is 0 Å². The number of ether oxygens (including phenoxy) is 1. The number of aromatic nitrogens is 2. The normalized spacial score (nSPS) is 23.5. The molecule has 0 spiro atoms. The van der Waals surface area contributed by atoms with E-state index in [9.17, 15) is 13.5 Å². The predicted octanol–water partition coefficient (Wildman–Crippen LogP) is 2.94. The molecule has 0 saturated carbocycles. The van der Waals surface area contributed by atoms with Gasteiger partial charge in [0.15, 0.2) is 0 Å². The van der Waals surface area contributed by atoms with Gasteiger partial charge in [0.1, 0.15) is 23.1 Å². The molecule has 184 valence electrons. The molecule has 0 saturated heterocycles. The highest BCUT2D eigenvalue weighted by molar-refractivity contribution is 7.89. The molecule has 0 fully saturated rings. The Labute approximate surface area is 202 Å². The molecule has 2 heterocycles. The van der Waals surface area contributed by atoms with Crippen molar-refractivity contribution in [3.8, 4) is 5.75 Å². The van der Waals surface area contributed by atoms with E-state index in [1.165, 1.54) is 16.2 Å². The fourth-order valence-corrected chi connectivity index (χ4v) is 6.50. The lowest BCUT2D eigenvalue weighted by Crippen LogP contribution is -2.49. The van der Waals surface area contributed by atoms with Crippen molar-refractivity contribution < 1.29 is 18.3 Å². The molecule has 0 unspecified atom stereocenters. The minimum atomic E-state index is -3.83. The molecule has 0 bridgehead atoms. The first-order valence-corrected chi connectivity index (χ1v) is 13.3. The van der Waals surface area contributed by atoms with Crippen molar-refractivity contribution in [1.29, 1.82) is 0 Å². The molecule has 9 heteroatoms. The van der Waals surface area contributed by atoms with Crippen molar-refractivity contribution in [3.05, 3.63) is 54.1 Å². The number of allylic oxidation sites excluding steroid dienone is 2. The molecule has 2 aromatic rings. The summed E-state index contributed by atoms with van der Waals surface area (Å²) in [5.41, 5.74) is 3.24. The minimum Gasteiger partial charge on any atom is -0.487 e. The average molecular weight is 487 g/mol. The molecule has 0 radical (unpaired) electrons. The lowest BCUT2D eigenvalue weighted by atomic mass is 10.0. The molecule has 3 atom stereocenters. The summed E-state index contributed by atoms with van der Waals surface area (Å²) >= 11 is 0. The van der Waals surface area contributed by atoms with E-state index in [4.69, 9.17) is 4.74 Å². The number of sulfonamides is 1. The number of fused-ring (bicyclic) bond motifs is 1. The summed E-state index contributed by atoms with van der Waals surface area (Å²) in [6, 6.07) is 4.88. The average Bonchev–Trinajstić information content (AvgIpc) is 3.36. The van der Waals surface area contributed by atoms with E-state index >= 15 is 0 Å². The summed E-state index contributed by atoms with van der Waals surface area (Å²) in [6.45, 7) is 5.02. The van der Waals surface area contributed by atoms with Crippen LogP contribution in [0.15, 0.2) is 47.9 Å². The monoisotopic (exact) mass is 486 g/mol. The van der Waals surface area contributed by atoms with Gasteiger partial charge in [0.25, 0.3) is 0 Å². The maximum Gasteiger partial charge on any atom is 0.247 e. The standard InChI is InChI=1S/C25H34N4O4S/c1-18-13-29(19(2)16-30)34(31,32)25-9-8-22(21-6-4-5-7-21)10-23(25)33-24(18)15-28(3)14-20-11-26-17-27-12-20/h6,8-12,17-19,24,30H,4-5,7,13-16H2,1-3H3/t18-,19-,24-/m0/s1. The summed E-state index contributed by atoms with van der Waals surface area (Å²) in [4.78, 5) is 10.5. The molecule has 0 amide bonds. The zero-order valence-electron chi connectivity index (χ0n) is 20.1. The number of hydrogen-bond acceptors (Lipinski definition) is 7. The Kier molecular flexibility index (Phi) is 7.67. The number of benzene rings is 1. The summed E-state index contributed by atoms with van der Waals surface area (Å²) < 4.78 is 35.2. The quantitative estimate of drug-likeness (QED) is 0.643. The topological polar surface area (TPSA) is 95.9 Å². The van der Waals surface area contributed by atoms with Crippen molar-refractivity contribution >= 4 is 15.6 Å². The fourth-order valence-electron chi connectivity index (χ4n) is 4.67. The van der Waals surface area contributed by atoms with Crippen molar-refractivity contribution in [3.63, 3.8) is 0 Å². The van der Waals surface area contributed by atoms with Crippen molar-refractivity contribution in [1.82, 2.24) is 19.2 Å². The van der Waals surface area contributed by atoms with Gasteiger partial charge in [0, 0.05) is 49.6 Å². The van der Waals surface area contributed by atoms with Gasteiger partial charge in [0.05, 0.1) is 6.61 Å². The summed E-state index contributed by atoms with van der Waals surface area (Å²) in [7, 11) is -1.82. The van der Waals surface area contributed by atoms with Crippen molar-refractivity contribution in [2.75, 3.05) is 26.7 Å². The Balaban J connectivity index is 1.69. The third kappa shape index (κ3) is 5.33. The van der Waals surface area contributed by atoms with Crippen molar-refractivity contribution in [2.45, 2.75) is 56.7 Å². The number of likely N-dealkylation sites (N-methyl/N-ethyl adjacent to an activating group) is 1. The number of aliphatic hydroxyl groups is 1. The molecule has 1 N–H and O–H groups in total. The smallest absolute Gasteiger partial charge is 0.247 e. The van der Waals surface area contributed by atoms with Gasteiger partial charge in [-0.05, 0) is 56.5 Å². The highest BCUT2D eigenvalue weighted by Gasteiger charge is 2.38. The van der Waals surface area contributed by atoms with Crippen LogP contribution in [0.2, 0.25) is 0 Å². The van der Waals surface area contributed by atoms with E-state index in [0.717, 1.165) is 30.4 Å². The van der Waals surface area contributed by atoms with Gasteiger partial charge in [-0.25, -0.2) is 18.4 Å². The first-order valence-electron chi connectivity index (χ1n) is 11.8. The van der Waals surface area contributed by atoms with Crippen LogP contribution in [0.4, 0.5) is 0 Å². The van der Waals surface area contributed by atoms with Crippen LogP contribution >= 0.6 is 0 Å². The zero-order chi connectivity index (χ0) is 24.3. The molecule has 1 aliphatic carbocycles. The van der Waals surface area contributed by atoms with Crippen LogP contribution in [0.3, 0.4) is 0 Å². The zero-order valence-corrected chi connectivity index (χ0v) is 20.9. The second kappa shape index (κ2) is 10.5. The Bertz CT molecular complexity index is 1120. The summed E-state index contributed by atoms with van der Waals surface area (Å²) in [5, 5.41) is 9.81. The van der Waals surface area contributed by atoms with E-state index in [-0.39, 0.29) is 30.1 Å². The van der Waals surface area contributed by atoms with Crippen LogP contribution in [-0.4, -0.2) is 71.6 Å². The van der Waals surface area contributed by atoms with E-state index in [1.54, 1.807) is 25.4 Å². The van der Waals surface area contributed by atoms with Gasteiger partial charge >= 0.3 is 0 Å². The molecular weight excluding hydrogens is 452 g/mol. The largest absolute Gasteiger partial charge is 0.487 e. The van der Waals surface area contributed by atoms with Gasteiger partial charge in [-0.1, -0.05) is 19.1 Å². The lowest BCUT2D eigenvalue weighted by molar-refractivity contribution is 0.0733. The molecule has 8 nitrogen and oxygen atoms in total. The number of nitrogens with zero attached hydrogens (tertiary/aromatic N) is 4. The van der Waals surface area contributed by atoms with Crippen LogP contribution in [0.5, 0.6) is 5.75 Å². The van der Waals surface area contributed by atoms with Crippen LogP contribution < -0.4 is 4.74 Å². The second-order valence-electron chi connectivity index (χ2n) is 9.47. The SMILES string of the molecule is C[C@H]1CN([C@@H](C)CO)S(=O)(=O)c2ccc(C3=CCCC3)cc2O[C@H]1CN(C)Cc1cncnc1. The number of aliphatic hydroxyl groups excluding tert-OH is 1. The minimum absolute atomic E-state index is 0.0965. The molecular formula is C25H34N4O4S. The molecule has 4 rings (SSSR count). The number of rotatable bonds is 7. The first-order chi connectivity index (χ1) is 16.3.